The Balaban J connectivity index is 1.58. The standard InChI is InChI=1S/C19H21NO/c1-4-14(13-18(8-1)21-17-9-10-17)12-16-6-2-5-15-7-3-11-20-19(15)16/h1-2,4-6,8,13,17,20H,3,7,9-12H2. The molecule has 0 aromatic heterocycles. The maximum absolute atomic E-state index is 5.90. The maximum Gasteiger partial charge on any atom is 0.120 e. The van der Waals surface area contributed by atoms with E-state index < -0.39 is 0 Å². The smallest absolute Gasteiger partial charge is 0.120 e. The fourth-order valence-electron chi connectivity index (χ4n) is 3.06. The minimum Gasteiger partial charge on any atom is -0.490 e. The van der Waals surface area contributed by atoms with Crippen LogP contribution in [0.5, 0.6) is 5.75 Å². The minimum atomic E-state index is 0.464. The molecule has 1 aliphatic heterocycles. The molecule has 0 radical (unpaired) electrons. The van der Waals surface area contributed by atoms with Crippen molar-refractivity contribution in [2.45, 2.75) is 38.2 Å². The average molecular weight is 279 g/mol. The highest BCUT2D eigenvalue weighted by atomic mass is 16.5. The number of aryl methyl sites for hydroxylation is 1. The molecule has 21 heavy (non-hydrogen) atoms. The fourth-order valence-corrected chi connectivity index (χ4v) is 3.06. The van der Waals surface area contributed by atoms with Crippen LogP contribution in [0.1, 0.15) is 36.0 Å². The van der Waals surface area contributed by atoms with E-state index in [4.69, 9.17) is 4.74 Å². The largest absolute Gasteiger partial charge is 0.490 e. The second kappa shape index (κ2) is 5.44. The lowest BCUT2D eigenvalue weighted by Gasteiger charge is -2.21. The van der Waals surface area contributed by atoms with Gasteiger partial charge in [-0.2, -0.15) is 0 Å². The summed E-state index contributed by atoms with van der Waals surface area (Å²) in [5.74, 6) is 1.02. The molecule has 1 N–H and O–H groups in total. The number of ether oxygens (including phenoxy) is 1. The van der Waals surface area contributed by atoms with Crippen LogP contribution in [0.4, 0.5) is 5.69 Å². The molecule has 108 valence electrons. The van der Waals surface area contributed by atoms with E-state index in [2.05, 4.69) is 47.8 Å². The summed E-state index contributed by atoms with van der Waals surface area (Å²) in [6, 6.07) is 15.2. The van der Waals surface area contributed by atoms with Gasteiger partial charge in [-0.15, -0.1) is 0 Å². The molecule has 0 saturated heterocycles. The van der Waals surface area contributed by atoms with Crippen LogP contribution in [-0.4, -0.2) is 12.6 Å². The third kappa shape index (κ3) is 2.90. The van der Waals surface area contributed by atoms with Crippen LogP contribution in [0.25, 0.3) is 0 Å². The van der Waals surface area contributed by atoms with Gasteiger partial charge < -0.3 is 10.1 Å². The molecular formula is C19H21NO. The average Bonchev–Trinajstić information content (AvgIpc) is 3.32. The van der Waals surface area contributed by atoms with Gasteiger partial charge in [0.05, 0.1) is 6.10 Å². The highest BCUT2D eigenvalue weighted by Gasteiger charge is 2.23. The molecule has 2 nitrogen and oxygen atoms in total. The van der Waals surface area contributed by atoms with Crippen LogP contribution >= 0.6 is 0 Å². The second-order valence-electron chi connectivity index (χ2n) is 6.12. The first-order chi connectivity index (χ1) is 10.4. The molecule has 4 rings (SSSR count). The molecule has 1 saturated carbocycles. The normalized spacial score (nSPS) is 17.0. The lowest BCUT2D eigenvalue weighted by atomic mass is 9.95. The van der Waals surface area contributed by atoms with Crippen molar-refractivity contribution in [1.29, 1.82) is 0 Å². The Morgan fingerprint density at radius 1 is 1.10 bits per heavy atom. The first-order valence-electron chi connectivity index (χ1n) is 7.99. The van der Waals surface area contributed by atoms with E-state index in [-0.39, 0.29) is 0 Å². The SMILES string of the molecule is c1cc(Cc2cccc3c2NCCC3)cc(OC2CC2)c1. The molecule has 0 amide bonds. The number of rotatable bonds is 4. The summed E-state index contributed by atoms with van der Waals surface area (Å²) >= 11 is 0. The van der Waals surface area contributed by atoms with Crippen molar-refractivity contribution in [3.05, 3.63) is 59.2 Å². The fraction of sp³-hybridized carbons (Fsp3) is 0.368. The van der Waals surface area contributed by atoms with E-state index in [1.807, 2.05) is 0 Å². The van der Waals surface area contributed by atoms with E-state index >= 15 is 0 Å². The maximum atomic E-state index is 5.90. The van der Waals surface area contributed by atoms with Crippen LogP contribution in [0.15, 0.2) is 42.5 Å². The van der Waals surface area contributed by atoms with Crippen molar-refractivity contribution in [2.24, 2.45) is 0 Å². The van der Waals surface area contributed by atoms with Crippen molar-refractivity contribution in [1.82, 2.24) is 0 Å². The lowest BCUT2D eigenvalue weighted by Crippen LogP contribution is -2.13. The lowest BCUT2D eigenvalue weighted by molar-refractivity contribution is 0.303. The topological polar surface area (TPSA) is 21.3 Å². The van der Waals surface area contributed by atoms with Crippen LogP contribution in [0, 0.1) is 0 Å². The van der Waals surface area contributed by atoms with Crippen LogP contribution in [0.2, 0.25) is 0 Å². The first-order valence-corrected chi connectivity index (χ1v) is 7.99. The van der Waals surface area contributed by atoms with Crippen molar-refractivity contribution < 1.29 is 4.74 Å². The van der Waals surface area contributed by atoms with Gasteiger partial charge in [0.2, 0.25) is 0 Å². The molecule has 0 unspecified atom stereocenters. The van der Waals surface area contributed by atoms with Crippen LogP contribution in [-0.2, 0) is 12.8 Å². The highest BCUT2D eigenvalue weighted by molar-refractivity contribution is 5.60. The summed E-state index contributed by atoms with van der Waals surface area (Å²) in [6.07, 6.45) is 6.28. The molecule has 1 fully saturated rings. The third-order valence-corrected chi connectivity index (χ3v) is 4.28. The summed E-state index contributed by atoms with van der Waals surface area (Å²) in [7, 11) is 0. The molecule has 2 aromatic carbocycles. The Morgan fingerprint density at radius 3 is 2.90 bits per heavy atom. The first kappa shape index (κ1) is 12.8. The van der Waals surface area contributed by atoms with Gasteiger partial charge in [0.15, 0.2) is 0 Å². The molecule has 0 atom stereocenters. The highest BCUT2D eigenvalue weighted by Crippen LogP contribution is 2.30. The summed E-state index contributed by atoms with van der Waals surface area (Å²) < 4.78 is 5.90. The van der Waals surface area contributed by atoms with Gasteiger partial charge in [-0.3, -0.25) is 0 Å². The summed E-state index contributed by atoms with van der Waals surface area (Å²) in [4.78, 5) is 0. The van der Waals surface area contributed by atoms with Crippen molar-refractivity contribution in [2.75, 3.05) is 11.9 Å². The Morgan fingerprint density at radius 2 is 2.00 bits per heavy atom. The quantitative estimate of drug-likeness (QED) is 0.906. The Kier molecular flexibility index (Phi) is 3.30. The van der Waals surface area contributed by atoms with Crippen molar-refractivity contribution in [3.63, 3.8) is 0 Å². The zero-order valence-corrected chi connectivity index (χ0v) is 12.3. The van der Waals surface area contributed by atoms with Crippen molar-refractivity contribution in [3.8, 4) is 5.75 Å². The Labute approximate surface area is 126 Å². The number of para-hydroxylation sites is 1. The predicted octanol–water partition coefficient (Wildman–Crippen LogP) is 4.18. The number of benzene rings is 2. The number of hydrogen-bond acceptors (Lipinski definition) is 2. The molecule has 2 heteroatoms. The molecule has 0 bridgehead atoms. The molecule has 1 heterocycles. The van der Waals surface area contributed by atoms with Gasteiger partial charge in [0, 0.05) is 12.2 Å². The molecule has 1 aliphatic carbocycles. The number of fused-ring (bicyclic) bond motifs is 1. The molecule has 0 spiro atoms. The van der Waals surface area contributed by atoms with Gasteiger partial charge in [-0.1, -0.05) is 30.3 Å². The number of anilines is 1. The second-order valence-corrected chi connectivity index (χ2v) is 6.12. The van der Waals surface area contributed by atoms with Crippen LogP contribution in [0.3, 0.4) is 0 Å². The molecule has 2 aliphatic rings. The molecular weight excluding hydrogens is 258 g/mol. The van der Waals surface area contributed by atoms with E-state index in [0.29, 0.717) is 6.10 Å². The number of nitrogens with one attached hydrogen (secondary N) is 1. The van der Waals surface area contributed by atoms with Crippen molar-refractivity contribution >= 4 is 5.69 Å². The summed E-state index contributed by atoms with van der Waals surface area (Å²) in [6.45, 7) is 1.09. The van der Waals surface area contributed by atoms with E-state index in [1.165, 1.54) is 48.1 Å². The van der Waals surface area contributed by atoms with Gasteiger partial charge >= 0.3 is 0 Å². The zero-order valence-electron chi connectivity index (χ0n) is 12.3. The number of hydrogen-bond donors (Lipinski definition) is 1. The molecule has 2 aromatic rings. The van der Waals surface area contributed by atoms with E-state index in [1.54, 1.807) is 0 Å². The minimum absolute atomic E-state index is 0.464. The van der Waals surface area contributed by atoms with E-state index in [0.717, 1.165) is 18.7 Å². The third-order valence-electron chi connectivity index (χ3n) is 4.28. The predicted molar refractivity (Wildman–Crippen MR) is 86.2 cm³/mol. The van der Waals surface area contributed by atoms with Gasteiger partial charge in [-0.05, 0) is 60.9 Å². The summed E-state index contributed by atoms with van der Waals surface area (Å²) in [5, 5.41) is 3.58. The monoisotopic (exact) mass is 279 g/mol. The Hall–Kier alpha value is -1.96. The summed E-state index contributed by atoms with van der Waals surface area (Å²) in [5.41, 5.74) is 5.55. The van der Waals surface area contributed by atoms with E-state index in [9.17, 15) is 0 Å². The van der Waals surface area contributed by atoms with Crippen LogP contribution < -0.4 is 10.1 Å². The Bertz CT molecular complexity index is 646. The van der Waals surface area contributed by atoms with Gasteiger partial charge in [0.1, 0.15) is 5.75 Å². The van der Waals surface area contributed by atoms with Gasteiger partial charge in [0.25, 0.3) is 0 Å². The van der Waals surface area contributed by atoms with Gasteiger partial charge in [-0.25, -0.2) is 0 Å². The zero-order chi connectivity index (χ0) is 14.1.